The summed E-state index contributed by atoms with van der Waals surface area (Å²) in [5, 5.41) is 0. The molecule has 1 aliphatic carbocycles. The largest absolute Gasteiger partial charge is 0.470 e. The van der Waals surface area contributed by atoms with Gasteiger partial charge in [0.15, 0.2) is 11.6 Å². The van der Waals surface area contributed by atoms with Gasteiger partial charge in [-0.3, -0.25) is 4.79 Å². The lowest BCUT2D eigenvalue weighted by Gasteiger charge is -2.49. The number of nitrogens with zero attached hydrogens (tertiary/aromatic N) is 4. The fourth-order valence-corrected chi connectivity index (χ4v) is 4.78. The van der Waals surface area contributed by atoms with E-state index in [-0.39, 0.29) is 17.3 Å². The van der Waals surface area contributed by atoms with E-state index in [4.69, 9.17) is 4.74 Å². The van der Waals surface area contributed by atoms with Gasteiger partial charge in [-0.15, -0.1) is 0 Å². The third-order valence-electron chi connectivity index (χ3n) is 6.40. The first kappa shape index (κ1) is 23.1. The molecule has 3 aliphatic rings. The summed E-state index contributed by atoms with van der Waals surface area (Å²) >= 11 is 0. The SMILES string of the molecule is O=C(c1cc(F)ccc1-c1ncccn1)N1CC2CCC1C(Oc1ncc(C(F)(F)F)cc1F)C2. The maximum atomic E-state index is 14.4. The minimum Gasteiger partial charge on any atom is -0.470 e. The van der Waals surface area contributed by atoms with E-state index in [1.807, 2.05) is 0 Å². The van der Waals surface area contributed by atoms with E-state index in [1.54, 1.807) is 11.0 Å². The van der Waals surface area contributed by atoms with E-state index in [0.717, 1.165) is 12.5 Å². The molecule has 0 spiro atoms. The van der Waals surface area contributed by atoms with E-state index < -0.39 is 47.3 Å². The Morgan fingerprint density at radius 1 is 1.06 bits per heavy atom. The van der Waals surface area contributed by atoms with Crippen LogP contribution in [0.3, 0.4) is 0 Å². The van der Waals surface area contributed by atoms with Crippen LogP contribution < -0.4 is 4.74 Å². The highest BCUT2D eigenvalue weighted by atomic mass is 19.4. The molecule has 2 aliphatic heterocycles. The van der Waals surface area contributed by atoms with Crippen molar-refractivity contribution in [2.75, 3.05) is 6.54 Å². The van der Waals surface area contributed by atoms with Crippen molar-refractivity contribution in [3.63, 3.8) is 0 Å². The summed E-state index contributed by atoms with van der Waals surface area (Å²) in [5.74, 6) is -2.52. The number of hydrogen-bond donors (Lipinski definition) is 0. The number of alkyl halides is 3. The van der Waals surface area contributed by atoms with Gasteiger partial charge in [-0.2, -0.15) is 13.2 Å². The Bertz CT molecular complexity index is 1250. The Kier molecular flexibility index (Phi) is 5.86. The number of carbonyl (C=O) groups is 1. The maximum Gasteiger partial charge on any atom is 0.417 e. The standard InChI is InChI=1S/C24H19F5N4O2/c25-15-3-4-16(21-30-6-1-7-31-21)17(10-15)23(34)33-12-13-2-5-19(33)20(8-13)35-22-18(26)9-14(11-32-22)24(27,28)29/h1,3-4,6-7,9-11,13,19-20H,2,5,8,12H2. The molecule has 4 heterocycles. The minimum absolute atomic E-state index is 0.0384. The van der Waals surface area contributed by atoms with Crippen molar-refractivity contribution in [3.05, 3.63) is 71.7 Å². The van der Waals surface area contributed by atoms with Crippen molar-refractivity contribution in [2.24, 2.45) is 5.92 Å². The third-order valence-corrected chi connectivity index (χ3v) is 6.40. The number of aromatic nitrogens is 3. The summed E-state index contributed by atoms with van der Waals surface area (Å²) in [5.41, 5.74) is -0.765. The number of fused-ring (bicyclic) bond motifs is 3. The number of amides is 1. The smallest absolute Gasteiger partial charge is 0.417 e. The van der Waals surface area contributed by atoms with E-state index in [2.05, 4.69) is 15.0 Å². The first-order valence-electron chi connectivity index (χ1n) is 11.0. The second kappa shape index (κ2) is 8.86. The van der Waals surface area contributed by atoms with Crippen molar-refractivity contribution in [3.8, 4) is 17.3 Å². The van der Waals surface area contributed by atoms with Gasteiger partial charge in [0.05, 0.1) is 17.2 Å². The molecule has 182 valence electrons. The molecule has 2 saturated heterocycles. The number of carbonyl (C=O) groups excluding carboxylic acids is 1. The van der Waals surface area contributed by atoms with Crippen LogP contribution in [-0.4, -0.2) is 44.4 Å². The molecule has 11 heteroatoms. The maximum absolute atomic E-state index is 14.4. The molecule has 3 unspecified atom stereocenters. The first-order chi connectivity index (χ1) is 16.7. The second-order valence-corrected chi connectivity index (χ2v) is 8.63. The van der Waals surface area contributed by atoms with Crippen molar-refractivity contribution in [2.45, 2.75) is 37.6 Å². The quantitative estimate of drug-likeness (QED) is 0.487. The van der Waals surface area contributed by atoms with Crippen LogP contribution in [0.1, 0.15) is 35.2 Å². The van der Waals surface area contributed by atoms with Crippen molar-refractivity contribution >= 4 is 5.91 Å². The lowest BCUT2D eigenvalue weighted by atomic mass is 9.77. The van der Waals surface area contributed by atoms with Crippen LogP contribution >= 0.6 is 0 Å². The molecule has 6 nitrogen and oxygen atoms in total. The number of hydrogen-bond acceptors (Lipinski definition) is 5. The Morgan fingerprint density at radius 3 is 2.51 bits per heavy atom. The molecule has 1 saturated carbocycles. The number of benzene rings is 1. The monoisotopic (exact) mass is 490 g/mol. The van der Waals surface area contributed by atoms with Crippen LogP contribution in [0.5, 0.6) is 5.88 Å². The fraction of sp³-hybridized carbons (Fsp3) is 0.333. The number of ether oxygens (including phenoxy) is 1. The Balaban J connectivity index is 1.42. The van der Waals surface area contributed by atoms with Crippen LogP contribution in [0.25, 0.3) is 11.4 Å². The number of rotatable bonds is 4. The van der Waals surface area contributed by atoms with Gasteiger partial charge in [-0.1, -0.05) is 0 Å². The normalized spacial score (nSPS) is 21.7. The van der Waals surface area contributed by atoms with Gasteiger partial charge in [0, 0.05) is 30.7 Å². The number of halogens is 5. The summed E-state index contributed by atoms with van der Waals surface area (Å²) in [4.78, 5) is 27.0. The van der Waals surface area contributed by atoms with E-state index in [0.29, 0.717) is 37.2 Å². The zero-order valence-electron chi connectivity index (χ0n) is 18.2. The molecule has 0 N–H and O–H groups in total. The molecular formula is C24H19F5N4O2. The van der Waals surface area contributed by atoms with E-state index >= 15 is 0 Å². The average Bonchev–Trinajstić information content (AvgIpc) is 2.85. The lowest BCUT2D eigenvalue weighted by molar-refractivity contribution is -0.138. The Morgan fingerprint density at radius 2 is 1.83 bits per heavy atom. The highest BCUT2D eigenvalue weighted by Crippen LogP contribution is 2.39. The molecule has 3 fully saturated rings. The molecule has 35 heavy (non-hydrogen) atoms. The molecule has 3 atom stereocenters. The van der Waals surface area contributed by atoms with Crippen LogP contribution in [0.4, 0.5) is 22.0 Å². The van der Waals surface area contributed by atoms with Gasteiger partial charge in [-0.25, -0.2) is 23.7 Å². The molecule has 2 bridgehead atoms. The van der Waals surface area contributed by atoms with E-state index in [1.165, 1.54) is 24.5 Å². The lowest BCUT2D eigenvalue weighted by Crippen LogP contribution is -2.59. The van der Waals surface area contributed by atoms with Crippen molar-refractivity contribution in [1.82, 2.24) is 19.9 Å². The van der Waals surface area contributed by atoms with Gasteiger partial charge in [0.2, 0.25) is 0 Å². The first-order valence-corrected chi connectivity index (χ1v) is 11.0. The predicted molar refractivity (Wildman–Crippen MR) is 113 cm³/mol. The number of pyridine rings is 1. The van der Waals surface area contributed by atoms with Crippen LogP contribution in [-0.2, 0) is 6.18 Å². The van der Waals surface area contributed by atoms with E-state index in [9.17, 15) is 26.7 Å². The van der Waals surface area contributed by atoms with Crippen LogP contribution in [0.2, 0.25) is 0 Å². The zero-order valence-corrected chi connectivity index (χ0v) is 18.2. The van der Waals surface area contributed by atoms with Crippen molar-refractivity contribution < 1.29 is 31.5 Å². The Hall–Kier alpha value is -3.63. The van der Waals surface area contributed by atoms with Gasteiger partial charge >= 0.3 is 6.18 Å². The second-order valence-electron chi connectivity index (χ2n) is 8.63. The molecular weight excluding hydrogens is 471 g/mol. The van der Waals surface area contributed by atoms with Crippen molar-refractivity contribution in [1.29, 1.82) is 0 Å². The molecule has 6 rings (SSSR count). The average molecular weight is 490 g/mol. The third kappa shape index (κ3) is 4.54. The molecule has 0 radical (unpaired) electrons. The number of piperidine rings is 2. The van der Waals surface area contributed by atoms with Crippen LogP contribution in [0, 0.1) is 17.6 Å². The predicted octanol–water partition coefficient (Wildman–Crippen LogP) is 4.91. The van der Waals surface area contributed by atoms with Gasteiger partial charge in [-0.05, 0) is 55.5 Å². The highest BCUT2D eigenvalue weighted by molar-refractivity contribution is 6.00. The topological polar surface area (TPSA) is 68.2 Å². The molecule has 1 aromatic carbocycles. The molecule has 1 amide bonds. The summed E-state index contributed by atoms with van der Waals surface area (Å²) in [6.07, 6.45) is -0.00276. The fourth-order valence-electron chi connectivity index (χ4n) is 4.78. The Labute approximate surface area is 196 Å². The summed E-state index contributed by atoms with van der Waals surface area (Å²) in [6.45, 7) is 0.401. The summed E-state index contributed by atoms with van der Waals surface area (Å²) in [7, 11) is 0. The summed E-state index contributed by atoms with van der Waals surface area (Å²) < 4.78 is 72.7. The molecule has 3 aromatic rings. The van der Waals surface area contributed by atoms with Gasteiger partial charge in [0.25, 0.3) is 11.8 Å². The zero-order chi connectivity index (χ0) is 24.7. The minimum atomic E-state index is -4.73. The summed E-state index contributed by atoms with van der Waals surface area (Å²) in [6, 6.07) is 5.26. The van der Waals surface area contributed by atoms with Crippen LogP contribution in [0.15, 0.2) is 48.9 Å². The molecule has 2 aromatic heterocycles. The van der Waals surface area contributed by atoms with Gasteiger partial charge in [0.1, 0.15) is 11.9 Å². The highest BCUT2D eigenvalue weighted by Gasteiger charge is 2.45. The van der Waals surface area contributed by atoms with Gasteiger partial charge < -0.3 is 9.64 Å².